The van der Waals surface area contributed by atoms with Crippen molar-refractivity contribution in [3.05, 3.63) is 174 Å². The van der Waals surface area contributed by atoms with Gasteiger partial charge < -0.3 is 14.0 Å². The highest BCUT2D eigenvalue weighted by Gasteiger charge is 2.42. The third-order valence-electron chi connectivity index (χ3n) is 13.7. The molecule has 1 aliphatic carbocycles. The summed E-state index contributed by atoms with van der Waals surface area (Å²) in [5.41, 5.74) is 22.3. The van der Waals surface area contributed by atoms with Crippen LogP contribution in [-0.4, -0.2) is 15.8 Å². The first kappa shape index (κ1) is 35.4. The van der Waals surface area contributed by atoms with E-state index in [1.807, 2.05) is 0 Å². The van der Waals surface area contributed by atoms with Crippen molar-refractivity contribution in [3.8, 4) is 22.5 Å². The number of benzene rings is 7. The van der Waals surface area contributed by atoms with Gasteiger partial charge in [0.1, 0.15) is 0 Å². The number of nitrogens with zero attached hydrogens (tertiary/aromatic N) is 3. The maximum Gasteiger partial charge on any atom is 0.252 e. The molecule has 12 rings (SSSR count). The summed E-state index contributed by atoms with van der Waals surface area (Å²) in [5.74, 6) is 0. The number of fused-ring (bicyclic) bond motifs is 12. The van der Waals surface area contributed by atoms with Crippen LogP contribution in [0.15, 0.2) is 152 Å². The third-order valence-corrected chi connectivity index (χ3v) is 13.7. The molecule has 60 heavy (non-hydrogen) atoms. The van der Waals surface area contributed by atoms with E-state index < -0.39 is 0 Å². The normalized spacial score (nSPS) is 13.9. The van der Waals surface area contributed by atoms with Crippen LogP contribution in [0.1, 0.15) is 70.3 Å². The van der Waals surface area contributed by atoms with Crippen LogP contribution < -0.4 is 21.3 Å². The predicted octanol–water partition coefficient (Wildman–Crippen LogP) is 12.6. The average Bonchev–Trinajstić information content (AvgIpc) is 3.78. The van der Waals surface area contributed by atoms with E-state index >= 15 is 0 Å². The van der Waals surface area contributed by atoms with Crippen molar-refractivity contribution in [1.29, 1.82) is 0 Å². The van der Waals surface area contributed by atoms with Gasteiger partial charge >= 0.3 is 0 Å². The molecule has 0 saturated heterocycles. The van der Waals surface area contributed by atoms with Gasteiger partial charge in [-0.25, -0.2) is 0 Å². The lowest BCUT2D eigenvalue weighted by Gasteiger charge is -2.35. The number of aromatic nitrogens is 2. The number of para-hydroxylation sites is 1. The second-order valence-corrected chi connectivity index (χ2v) is 19.3. The maximum absolute atomic E-state index is 2.66. The van der Waals surface area contributed by atoms with Crippen LogP contribution >= 0.6 is 0 Å². The van der Waals surface area contributed by atoms with Gasteiger partial charge in [0.25, 0.3) is 6.71 Å². The van der Waals surface area contributed by atoms with Crippen LogP contribution in [0.5, 0.6) is 0 Å². The van der Waals surface area contributed by atoms with Gasteiger partial charge in [-0.05, 0) is 117 Å². The summed E-state index contributed by atoms with van der Waals surface area (Å²) in [6.45, 7) is 13.8. The highest BCUT2D eigenvalue weighted by molar-refractivity contribution is 7.00. The molecule has 0 radical (unpaired) electrons. The van der Waals surface area contributed by atoms with Crippen LogP contribution in [0.4, 0.5) is 17.1 Å². The molecule has 4 heterocycles. The molecule has 0 amide bonds. The van der Waals surface area contributed by atoms with Crippen molar-refractivity contribution in [2.75, 3.05) is 4.90 Å². The summed E-state index contributed by atoms with van der Waals surface area (Å²) in [4.78, 5) is 2.45. The molecule has 0 unspecified atom stereocenters. The van der Waals surface area contributed by atoms with Crippen molar-refractivity contribution in [2.24, 2.45) is 0 Å². The molecule has 0 bridgehead atoms. The molecule has 3 nitrogen and oxygen atoms in total. The average molecular weight is 774 g/mol. The van der Waals surface area contributed by atoms with Crippen molar-refractivity contribution in [1.82, 2.24) is 9.13 Å². The van der Waals surface area contributed by atoms with Crippen molar-refractivity contribution < 1.29 is 0 Å². The third kappa shape index (κ3) is 5.03. The van der Waals surface area contributed by atoms with Crippen LogP contribution in [0, 0.1) is 0 Å². The van der Waals surface area contributed by atoms with Crippen molar-refractivity contribution >= 4 is 78.9 Å². The summed E-state index contributed by atoms with van der Waals surface area (Å²) >= 11 is 0. The topological polar surface area (TPSA) is 13.1 Å². The predicted molar refractivity (Wildman–Crippen MR) is 257 cm³/mol. The summed E-state index contributed by atoms with van der Waals surface area (Å²) in [7, 11) is 0. The van der Waals surface area contributed by atoms with Crippen LogP contribution in [0.3, 0.4) is 0 Å². The Kier molecular flexibility index (Phi) is 7.38. The number of allylic oxidation sites excluding steroid dienone is 1. The second kappa shape index (κ2) is 12.5. The Morgan fingerprint density at radius 1 is 0.517 bits per heavy atom. The first-order valence-corrected chi connectivity index (χ1v) is 21.7. The van der Waals surface area contributed by atoms with E-state index in [9.17, 15) is 0 Å². The molecule has 9 aromatic rings. The van der Waals surface area contributed by atoms with E-state index in [0.29, 0.717) is 0 Å². The van der Waals surface area contributed by atoms with E-state index in [1.54, 1.807) is 0 Å². The summed E-state index contributed by atoms with van der Waals surface area (Å²) < 4.78 is 5.26. The number of anilines is 3. The number of rotatable bonds is 4. The van der Waals surface area contributed by atoms with Gasteiger partial charge in [0, 0.05) is 55.9 Å². The monoisotopic (exact) mass is 773 g/mol. The lowest BCUT2D eigenvalue weighted by molar-refractivity contribution is 0.590. The Morgan fingerprint density at radius 2 is 1.12 bits per heavy atom. The summed E-state index contributed by atoms with van der Waals surface area (Å²) in [6.07, 6.45) is 6.87. The van der Waals surface area contributed by atoms with Crippen LogP contribution in [0.25, 0.3) is 61.3 Å². The molecule has 0 fully saturated rings. The quantitative estimate of drug-likeness (QED) is 0.162. The second-order valence-electron chi connectivity index (χ2n) is 19.3. The van der Waals surface area contributed by atoms with Crippen molar-refractivity contribution in [2.45, 2.75) is 65.2 Å². The fraction of sp³-hybridized carbons (Fsp3) is 0.179. The Balaban J connectivity index is 1.15. The standard InChI is InChI=1S/C56H48BN3/c1-55(2,3)37-21-25-39(26-22-37)58(40-27-23-38(24-28-40)56(4,5)6)41-29-31-47-51(33-41)60-49-19-13-11-17-43(49)45-34-44-42-16-10-12-18-48(42)59-50-32-36(35-14-8-7-9-15-35)20-30-46(50)57(47)52(53(44)59)54(45)60/h7-11,13-17,19-34H,12,18H2,1-6H3. The lowest BCUT2D eigenvalue weighted by atomic mass is 9.34. The molecule has 0 atom stereocenters. The lowest BCUT2D eigenvalue weighted by Crippen LogP contribution is -2.59. The Labute approximate surface area is 353 Å². The van der Waals surface area contributed by atoms with Gasteiger partial charge in [0.15, 0.2) is 0 Å². The molecule has 4 heteroatoms. The fourth-order valence-corrected chi connectivity index (χ4v) is 10.7. The highest BCUT2D eigenvalue weighted by atomic mass is 15.1. The largest absolute Gasteiger partial charge is 0.314 e. The molecule has 0 saturated carbocycles. The minimum atomic E-state index is 0.0662. The molecule has 0 N–H and O–H groups in total. The zero-order valence-electron chi connectivity index (χ0n) is 35.3. The molecule has 3 aliphatic rings. The molecule has 2 aromatic heterocycles. The van der Waals surface area contributed by atoms with Gasteiger partial charge in [-0.1, -0.05) is 145 Å². The van der Waals surface area contributed by atoms with E-state index in [4.69, 9.17) is 0 Å². The van der Waals surface area contributed by atoms with E-state index in [0.717, 1.165) is 29.9 Å². The molecule has 0 spiro atoms. The maximum atomic E-state index is 2.66. The zero-order valence-corrected chi connectivity index (χ0v) is 35.3. The van der Waals surface area contributed by atoms with E-state index in [1.165, 1.54) is 94.0 Å². The highest BCUT2D eigenvalue weighted by Crippen LogP contribution is 2.44. The van der Waals surface area contributed by atoms with Gasteiger partial charge in [-0.15, -0.1) is 0 Å². The minimum Gasteiger partial charge on any atom is -0.314 e. The van der Waals surface area contributed by atoms with Gasteiger partial charge in [-0.2, -0.15) is 0 Å². The fourth-order valence-electron chi connectivity index (χ4n) is 10.7. The zero-order chi connectivity index (χ0) is 40.7. The minimum absolute atomic E-state index is 0.0662. The van der Waals surface area contributed by atoms with Crippen LogP contribution in [0.2, 0.25) is 0 Å². The van der Waals surface area contributed by atoms with E-state index in [2.05, 4.69) is 213 Å². The Bertz CT molecular complexity index is 3200. The smallest absolute Gasteiger partial charge is 0.252 e. The Morgan fingerprint density at radius 3 is 1.80 bits per heavy atom. The summed E-state index contributed by atoms with van der Waals surface area (Å²) in [6, 6.07) is 55.5. The molecular formula is C56H48BN3. The van der Waals surface area contributed by atoms with Crippen molar-refractivity contribution in [3.63, 3.8) is 0 Å². The molecule has 290 valence electrons. The van der Waals surface area contributed by atoms with E-state index in [-0.39, 0.29) is 17.5 Å². The number of hydrogen-bond donors (Lipinski definition) is 0. The first-order valence-electron chi connectivity index (χ1n) is 21.7. The SMILES string of the molecule is CC(C)(C)c1ccc(N(c2ccc(C(C)(C)C)cc2)c2ccc3c(c2)-n2c4ccccc4c4cc5c6c(n7c5c(c42)B3c2ccc(-c3ccccc3)cc2-7)CCC=C6)cc1. The molecular weight excluding hydrogens is 725 g/mol. The molecule has 2 aliphatic heterocycles. The first-order chi connectivity index (χ1) is 29.0. The van der Waals surface area contributed by atoms with Crippen LogP contribution in [-0.2, 0) is 17.3 Å². The summed E-state index contributed by atoms with van der Waals surface area (Å²) in [5, 5.41) is 4.02. The molecule has 7 aromatic carbocycles. The van der Waals surface area contributed by atoms with Gasteiger partial charge in [0.05, 0.1) is 16.6 Å². The van der Waals surface area contributed by atoms with Gasteiger partial charge in [0.2, 0.25) is 0 Å². The Hall–Kier alpha value is -6.52. The number of hydrogen-bond acceptors (Lipinski definition) is 1. The van der Waals surface area contributed by atoms with Gasteiger partial charge in [-0.3, -0.25) is 0 Å².